The van der Waals surface area contributed by atoms with E-state index < -0.39 is 0 Å². The van der Waals surface area contributed by atoms with Crippen molar-refractivity contribution in [1.82, 2.24) is 4.98 Å². The first-order chi connectivity index (χ1) is 10.2. The highest BCUT2D eigenvalue weighted by atomic mass is 14.7. The summed E-state index contributed by atoms with van der Waals surface area (Å²) < 4.78 is 0. The van der Waals surface area contributed by atoms with Gasteiger partial charge < -0.3 is 0 Å². The average molecular weight is 275 g/mol. The van der Waals surface area contributed by atoms with Crippen molar-refractivity contribution in [2.75, 3.05) is 0 Å². The lowest BCUT2D eigenvalue weighted by atomic mass is 9.76. The Morgan fingerprint density at radius 2 is 1.76 bits per heavy atom. The highest BCUT2D eigenvalue weighted by molar-refractivity contribution is 5.38. The van der Waals surface area contributed by atoms with Crippen LogP contribution in [0.5, 0.6) is 0 Å². The molecule has 3 rings (SSSR count). The third-order valence-electron chi connectivity index (χ3n) is 4.32. The van der Waals surface area contributed by atoms with Gasteiger partial charge in [0.15, 0.2) is 0 Å². The Labute approximate surface area is 127 Å². The average Bonchev–Trinajstić information content (AvgIpc) is 2.98. The molecule has 1 aromatic heterocycles. The van der Waals surface area contributed by atoms with Gasteiger partial charge in [0.25, 0.3) is 0 Å². The summed E-state index contributed by atoms with van der Waals surface area (Å²) in [5, 5.41) is 0. The number of allylic oxidation sites excluding steroid dienone is 4. The summed E-state index contributed by atoms with van der Waals surface area (Å²) in [6.07, 6.45) is 9.85. The molecule has 0 amide bonds. The molecule has 1 nitrogen and oxygen atoms in total. The minimum Gasteiger partial charge on any atom is -0.261 e. The Morgan fingerprint density at radius 3 is 2.48 bits per heavy atom. The lowest BCUT2D eigenvalue weighted by molar-refractivity contribution is 0.434. The Kier molecular flexibility index (Phi) is 3.74. The maximum absolute atomic E-state index is 4.54. The Balaban J connectivity index is 1.78. The summed E-state index contributed by atoms with van der Waals surface area (Å²) in [5.74, 6) is 0.408. The van der Waals surface area contributed by atoms with Gasteiger partial charge in [-0.05, 0) is 29.7 Å². The number of benzene rings is 1. The van der Waals surface area contributed by atoms with Gasteiger partial charge in [-0.3, -0.25) is 4.98 Å². The maximum Gasteiger partial charge on any atom is 0.0468 e. The van der Waals surface area contributed by atoms with E-state index in [1.54, 1.807) is 0 Å². The zero-order valence-electron chi connectivity index (χ0n) is 12.7. The minimum atomic E-state index is 0.0240. The zero-order chi connectivity index (χ0) is 14.7. The SMILES string of the molecule is CC(C)(c1ccccn1)C1C=CC(Cc2ccccc2)=C1. The molecular weight excluding hydrogens is 254 g/mol. The molecule has 0 fully saturated rings. The van der Waals surface area contributed by atoms with Gasteiger partial charge in [0, 0.05) is 23.2 Å². The fourth-order valence-electron chi connectivity index (χ4n) is 2.88. The van der Waals surface area contributed by atoms with Crippen LogP contribution in [0.4, 0.5) is 0 Å². The molecule has 0 N–H and O–H groups in total. The summed E-state index contributed by atoms with van der Waals surface area (Å²) in [6.45, 7) is 4.54. The molecule has 0 radical (unpaired) electrons. The van der Waals surface area contributed by atoms with Gasteiger partial charge in [0.1, 0.15) is 0 Å². The second kappa shape index (κ2) is 5.69. The fraction of sp³-hybridized carbons (Fsp3) is 0.250. The van der Waals surface area contributed by atoms with E-state index in [9.17, 15) is 0 Å². The van der Waals surface area contributed by atoms with Crippen LogP contribution in [0, 0.1) is 5.92 Å². The molecule has 0 bridgehead atoms. The van der Waals surface area contributed by atoms with Crippen molar-refractivity contribution in [3.05, 3.63) is 89.8 Å². The molecular formula is C20H21N. The number of aromatic nitrogens is 1. The van der Waals surface area contributed by atoms with E-state index in [4.69, 9.17) is 0 Å². The van der Waals surface area contributed by atoms with E-state index >= 15 is 0 Å². The normalized spacial score (nSPS) is 17.8. The van der Waals surface area contributed by atoms with Crippen LogP contribution in [-0.2, 0) is 11.8 Å². The molecule has 1 aliphatic carbocycles. The van der Waals surface area contributed by atoms with Gasteiger partial charge >= 0.3 is 0 Å². The van der Waals surface area contributed by atoms with E-state index in [0.29, 0.717) is 5.92 Å². The molecule has 1 heterocycles. The van der Waals surface area contributed by atoms with Crippen LogP contribution in [0.3, 0.4) is 0 Å². The third-order valence-corrected chi connectivity index (χ3v) is 4.32. The van der Waals surface area contributed by atoms with Gasteiger partial charge in [-0.25, -0.2) is 0 Å². The molecule has 0 aliphatic heterocycles. The Bertz CT molecular complexity index is 651. The first kappa shape index (κ1) is 13.8. The van der Waals surface area contributed by atoms with Crippen molar-refractivity contribution in [3.63, 3.8) is 0 Å². The van der Waals surface area contributed by atoms with Crippen molar-refractivity contribution in [2.45, 2.75) is 25.7 Å². The van der Waals surface area contributed by atoms with Gasteiger partial charge in [-0.1, -0.05) is 68.5 Å². The Hall–Kier alpha value is -2.15. The van der Waals surface area contributed by atoms with Crippen LogP contribution in [0.15, 0.2) is 78.5 Å². The molecule has 1 aromatic carbocycles. The van der Waals surface area contributed by atoms with E-state index in [1.165, 1.54) is 11.1 Å². The highest BCUT2D eigenvalue weighted by Gasteiger charge is 2.31. The molecule has 0 spiro atoms. The quantitative estimate of drug-likeness (QED) is 0.787. The van der Waals surface area contributed by atoms with Crippen LogP contribution < -0.4 is 0 Å². The first-order valence-electron chi connectivity index (χ1n) is 7.50. The van der Waals surface area contributed by atoms with E-state index in [1.807, 2.05) is 12.3 Å². The molecule has 106 valence electrons. The van der Waals surface area contributed by atoms with Crippen molar-refractivity contribution >= 4 is 0 Å². The van der Waals surface area contributed by atoms with Crippen LogP contribution in [-0.4, -0.2) is 4.98 Å². The predicted molar refractivity (Wildman–Crippen MR) is 88.1 cm³/mol. The summed E-state index contributed by atoms with van der Waals surface area (Å²) in [5.41, 5.74) is 3.94. The monoisotopic (exact) mass is 275 g/mol. The smallest absolute Gasteiger partial charge is 0.0468 e. The molecule has 1 atom stereocenters. The number of pyridine rings is 1. The molecule has 1 heteroatoms. The number of nitrogens with zero attached hydrogens (tertiary/aromatic N) is 1. The lowest BCUT2D eigenvalue weighted by Crippen LogP contribution is -2.26. The Morgan fingerprint density at radius 1 is 1.00 bits per heavy atom. The second-order valence-electron chi connectivity index (χ2n) is 6.23. The molecule has 1 unspecified atom stereocenters. The van der Waals surface area contributed by atoms with Crippen molar-refractivity contribution in [1.29, 1.82) is 0 Å². The van der Waals surface area contributed by atoms with Crippen molar-refractivity contribution < 1.29 is 0 Å². The van der Waals surface area contributed by atoms with Gasteiger partial charge in [-0.2, -0.15) is 0 Å². The van der Waals surface area contributed by atoms with E-state index in [-0.39, 0.29) is 5.41 Å². The number of rotatable bonds is 4. The van der Waals surface area contributed by atoms with Gasteiger partial charge in [0.2, 0.25) is 0 Å². The largest absolute Gasteiger partial charge is 0.261 e. The highest BCUT2D eigenvalue weighted by Crippen LogP contribution is 2.36. The maximum atomic E-state index is 4.54. The molecule has 21 heavy (non-hydrogen) atoms. The van der Waals surface area contributed by atoms with Gasteiger partial charge in [-0.15, -0.1) is 0 Å². The van der Waals surface area contributed by atoms with Gasteiger partial charge in [0.05, 0.1) is 0 Å². The fourth-order valence-corrected chi connectivity index (χ4v) is 2.88. The zero-order valence-corrected chi connectivity index (χ0v) is 12.7. The predicted octanol–water partition coefficient (Wildman–Crippen LogP) is 4.71. The molecule has 2 aromatic rings. The second-order valence-corrected chi connectivity index (χ2v) is 6.23. The molecule has 1 aliphatic rings. The summed E-state index contributed by atoms with van der Waals surface area (Å²) >= 11 is 0. The topological polar surface area (TPSA) is 12.9 Å². The van der Waals surface area contributed by atoms with E-state index in [2.05, 4.69) is 79.5 Å². The number of hydrogen-bond acceptors (Lipinski definition) is 1. The molecule has 0 saturated carbocycles. The van der Waals surface area contributed by atoms with Crippen molar-refractivity contribution in [2.24, 2.45) is 5.92 Å². The summed E-state index contributed by atoms with van der Waals surface area (Å²) in [7, 11) is 0. The van der Waals surface area contributed by atoms with Crippen LogP contribution in [0.2, 0.25) is 0 Å². The van der Waals surface area contributed by atoms with Crippen molar-refractivity contribution in [3.8, 4) is 0 Å². The van der Waals surface area contributed by atoms with Crippen LogP contribution in [0.25, 0.3) is 0 Å². The molecule has 0 saturated heterocycles. The van der Waals surface area contributed by atoms with Crippen LogP contribution in [0.1, 0.15) is 25.1 Å². The first-order valence-corrected chi connectivity index (χ1v) is 7.50. The van der Waals surface area contributed by atoms with E-state index in [0.717, 1.165) is 12.1 Å². The number of hydrogen-bond donors (Lipinski definition) is 0. The van der Waals surface area contributed by atoms with Crippen LogP contribution >= 0.6 is 0 Å². The minimum absolute atomic E-state index is 0.0240. The summed E-state index contributed by atoms with van der Waals surface area (Å²) in [6, 6.07) is 16.8. The summed E-state index contributed by atoms with van der Waals surface area (Å²) in [4.78, 5) is 4.54. The third kappa shape index (κ3) is 2.97. The lowest BCUT2D eigenvalue weighted by Gasteiger charge is -2.28. The standard InChI is InChI=1S/C20H21N/c1-20(2,19-10-6-7-13-21-19)18-12-11-17(15-18)14-16-8-4-3-5-9-16/h3-13,15,18H,14H2,1-2H3.